The van der Waals surface area contributed by atoms with E-state index in [0.717, 1.165) is 69.7 Å². The van der Waals surface area contributed by atoms with Gasteiger partial charge in [0.1, 0.15) is 23.7 Å². The molecule has 5 aliphatic rings. The number of aliphatic hydroxyl groups excluding tert-OH is 1. The molecule has 8 nitrogen and oxygen atoms in total. The largest absolute Gasteiger partial charge is 0.482 e. The third-order valence-electron chi connectivity index (χ3n) is 9.79. The van der Waals surface area contributed by atoms with E-state index in [-0.39, 0.29) is 49.9 Å². The van der Waals surface area contributed by atoms with Crippen molar-refractivity contribution < 1.29 is 45.7 Å². The van der Waals surface area contributed by atoms with Crippen LogP contribution in [-0.4, -0.2) is 82.3 Å². The first-order valence-corrected chi connectivity index (χ1v) is 16.1. The Morgan fingerprint density at radius 2 is 1.60 bits per heavy atom. The molecule has 1 saturated heterocycles. The quantitative estimate of drug-likeness (QED) is 0.228. The molecule has 1 amide bonds. The number of nitrogens with one attached hydrogen (secondary N) is 2. The summed E-state index contributed by atoms with van der Waals surface area (Å²) in [6, 6.07) is 0.307. The third kappa shape index (κ3) is 8.81. The minimum Gasteiger partial charge on any atom is -0.482 e. The molecule has 4 aliphatic carbocycles. The summed E-state index contributed by atoms with van der Waals surface area (Å²) in [5, 5.41) is 16.7. The first-order valence-electron chi connectivity index (χ1n) is 16.1. The molecule has 14 heteroatoms. The van der Waals surface area contributed by atoms with Gasteiger partial charge in [0.05, 0.1) is 18.9 Å². The van der Waals surface area contributed by atoms with Crippen molar-refractivity contribution in [3.8, 4) is 5.75 Å². The van der Waals surface area contributed by atoms with Crippen LogP contribution in [0.3, 0.4) is 0 Å². The van der Waals surface area contributed by atoms with Crippen molar-refractivity contribution in [2.75, 3.05) is 19.8 Å². The maximum atomic E-state index is 14.0. The van der Waals surface area contributed by atoms with E-state index in [1.807, 2.05) is 0 Å². The van der Waals surface area contributed by atoms with Gasteiger partial charge in [0, 0.05) is 23.7 Å². The zero-order valence-corrected chi connectivity index (χ0v) is 25.4. The second-order valence-electron chi connectivity index (χ2n) is 13.5. The Bertz CT molecular complexity index is 1100. The summed E-state index contributed by atoms with van der Waals surface area (Å²) in [6.07, 6.45) is 1.67. The summed E-state index contributed by atoms with van der Waals surface area (Å²) in [7, 11) is 0. The highest BCUT2D eigenvalue weighted by Gasteiger charge is 2.68. The molecule has 0 radical (unpaired) electrons. The van der Waals surface area contributed by atoms with Crippen LogP contribution in [0.2, 0.25) is 0 Å². The number of carbonyl (C=O) groups excluding carboxylic acids is 1. The number of alkyl halides is 6. The molecule has 1 aliphatic heterocycles. The lowest BCUT2D eigenvalue weighted by Crippen LogP contribution is -2.84. The molecular formula is C31H44F6N4O4. The summed E-state index contributed by atoms with van der Waals surface area (Å²) in [4.78, 5) is 17.3. The van der Waals surface area contributed by atoms with E-state index in [4.69, 9.17) is 9.47 Å². The van der Waals surface area contributed by atoms with Gasteiger partial charge in [-0.15, -0.1) is 0 Å². The molecular weight excluding hydrogens is 606 g/mol. The van der Waals surface area contributed by atoms with Gasteiger partial charge >= 0.3 is 12.4 Å². The standard InChI is InChI=1S/C31H44F6N4O4/c32-30(33,34)24-12-10-22(14-38-24)44-16-26(42)39-28-18-29(19-28,20-28)40-27(43)17-45-23-11-13-25(31(35,36)37)41(15-23)21-8-6-4-2-1-3-5-7-9-21/h10,12,14,21,23,25,27,40,43H,1-9,11,13,15-20H2,(H,39,42). The lowest BCUT2D eigenvalue weighted by molar-refractivity contribution is -0.210. The Balaban J connectivity index is 1.03. The van der Waals surface area contributed by atoms with Crippen LogP contribution in [0.15, 0.2) is 18.3 Å². The third-order valence-corrected chi connectivity index (χ3v) is 9.79. The minimum absolute atomic E-state index is 0.0144. The van der Waals surface area contributed by atoms with Crippen molar-refractivity contribution in [1.29, 1.82) is 0 Å². The normalized spacial score (nSPS) is 30.9. The van der Waals surface area contributed by atoms with Gasteiger partial charge in [-0.1, -0.05) is 44.9 Å². The van der Waals surface area contributed by atoms with E-state index in [1.165, 1.54) is 6.42 Å². The number of rotatable bonds is 10. The Morgan fingerprint density at radius 1 is 0.956 bits per heavy atom. The number of hydrogen-bond acceptors (Lipinski definition) is 7. The molecule has 3 unspecified atom stereocenters. The zero-order chi connectivity index (χ0) is 32.3. The molecule has 0 aromatic carbocycles. The summed E-state index contributed by atoms with van der Waals surface area (Å²) in [5.41, 5.74) is -1.84. The highest BCUT2D eigenvalue weighted by Crippen LogP contribution is 2.60. The second kappa shape index (κ2) is 13.9. The van der Waals surface area contributed by atoms with E-state index in [1.54, 1.807) is 4.90 Å². The highest BCUT2D eigenvalue weighted by atomic mass is 19.4. The fraction of sp³-hybridized carbons (Fsp3) is 0.806. The fourth-order valence-electron chi connectivity index (χ4n) is 7.78. The van der Waals surface area contributed by atoms with Crippen molar-refractivity contribution in [2.45, 2.75) is 138 Å². The van der Waals surface area contributed by atoms with E-state index in [2.05, 4.69) is 15.6 Å². The highest BCUT2D eigenvalue weighted by molar-refractivity contribution is 5.79. The van der Waals surface area contributed by atoms with Crippen LogP contribution >= 0.6 is 0 Å². The average Bonchev–Trinajstić information content (AvgIpc) is 2.95. The Labute approximate surface area is 259 Å². The van der Waals surface area contributed by atoms with Gasteiger partial charge < -0.3 is 19.9 Å². The number of aromatic nitrogens is 1. The van der Waals surface area contributed by atoms with Crippen LogP contribution < -0.4 is 15.4 Å². The second-order valence-corrected chi connectivity index (χ2v) is 13.5. The van der Waals surface area contributed by atoms with Gasteiger partial charge in [0.2, 0.25) is 0 Å². The van der Waals surface area contributed by atoms with Crippen LogP contribution in [0, 0.1) is 0 Å². The van der Waals surface area contributed by atoms with Gasteiger partial charge in [-0.25, -0.2) is 4.98 Å². The van der Waals surface area contributed by atoms with Crippen LogP contribution in [0.4, 0.5) is 26.3 Å². The SMILES string of the molecule is O=C(COc1ccc(C(F)(F)F)nc1)NC12CC(NC(O)COC3CCC(C(F)(F)F)N(C4CCCCCCCCC4)C3)(C1)C2. The smallest absolute Gasteiger partial charge is 0.433 e. The number of aliphatic hydroxyl groups is 1. The molecule has 3 atom stereocenters. The van der Waals surface area contributed by atoms with Gasteiger partial charge in [-0.05, 0) is 57.1 Å². The predicted octanol–water partition coefficient (Wildman–Crippen LogP) is 5.48. The van der Waals surface area contributed by atoms with Crippen molar-refractivity contribution >= 4 is 5.91 Å². The van der Waals surface area contributed by atoms with Crippen LogP contribution in [0.5, 0.6) is 5.75 Å². The van der Waals surface area contributed by atoms with Gasteiger partial charge in [-0.3, -0.25) is 15.0 Å². The Hall–Kier alpha value is -2.16. The maximum Gasteiger partial charge on any atom is 0.433 e. The number of ether oxygens (including phenoxy) is 2. The fourth-order valence-corrected chi connectivity index (χ4v) is 7.78. The molecule has 0 spiro atoms. The number of piperidine rings is 1. The number of hydrogen-bond donors (Lipinski definition) is 3. The first-order chi connectivity index (χ1) is 21.3. The van der Waals surface area contributed by atoms with Crippen molar-refractivity contribution in [3.05, 3.63) is 24.0 Å². The number of carbonyl (C=O) groups is 1. The number of pyridine rings is 1. The first kappa shape index (κ1) is 34.2. The molecule has 3 N–H and O–H groups in total. The lowest BCUT2D eigenvalue weighted by atomic mass is 9.44. The lowest BCUT2D eigenvalue weighted by Gasteiger charge is -2.71. The zero-order valence-electron chi connectivity index (χ0n) is 25.4. The molecule has 1 aromatic rings. The van der Waals surface area contributed by atoms with Crippen molar-refractivity contribution in [3.63, 3.8) is 0 Å². The van der Waals surface area contributed by atoms with E-state index in [9.17, 15) is 36.2 Å². The Kier molecular flexibility index (Phi) is 10.6. The summed E-state index contributed by atoms with van der Waals surface area (Å²) < 4.78 is 91.3. The molecule has 45 heavy (non-hydrogen) atoms. The number of amides is 1. The Morgan fingerprint density at radius 3 is 2.18 bits per heavy atom. The molecule has 4 saturated carbocycles. The van der Waals surface area contributed by atoms with Gasteiger partial charge in [-0.2, -0.15) is 26.3 Å². The maximum absolute atomic E-state index is 14.0. The van der Waals surface area contributed by atoms with E-state index < -0.39 is 47.9 Å². The molecule has 254 valence electrons. The molecule has 6 rings (SSSR count). The molecule has 5 fully saturated rings. The average molecular weight is 651 g/mol. The molecule has 1 aromatic heterocycles. The van der Waals surface area contributed by atoms with Crippen molar-refractivity contribution in [1.82, 2.24) is 20.5 Å². The minimum atomic E-state index is -4.56. The summed E-state index contributed by atoms with van der Waals surface area (Å²) in [6.45, 7) is -0.220. The van der Waals surface area contributed by atoms with Crippen LogP contribution in [0.1, 0.15) is 95.6 Å². The number of halogens is 6. The van der Waals surface area contributed by atoms with Crippen molar-refractivity contribution in [2.24, 2.45) is 0 Å². The van der Waals surface area contributed by atoms with E-state index >= 15 is 0 Å². The summed E-state index contributed by atoms with van der Waals surface area (Å²) >= 11 is 0. The number of likely N-dealkylation sites (tertiary alicyclic amines) is 1. The van der Waals surface area contributed by atoms with Gasteiger partial charge in [0.25, 0.3) is 5.91 Å². The molecule has 2 heterocycles. The monoisotopic (exact) mass is 650 g/mol. The predicted molar refractivity (Wildman–Crippen MR) is 152 cm³/mol. The van der Waals surface area contributed by atoms with Crippen LogP contribution in [0.25, 0.3) is 0 Å². The number of nitrogens with zero attached hydrogens (tertiary/aromatic N) is 2. The van der Waals surface area contributed by atoms with Crippen LogP contribution in [-0.2, 0) is 15.7 Å². The summed E-state index contributed by atoms with van der Waals surface area (Å²) in [5.74, 6) is -0.371. The van der Waals surface area contributed by atoms with Gasteiger partial charge in [0.15, 0.2) is 6.61 Å². The topological polar surface area (TPSA) is 96.0 Å². The van der Waals surface area contributed by atoms with E-state index in [0.29, 0.717) is 19.3 Å². The molecule has 2 bridgehead atoms.